The number of alkyl halides is 6. The van der Waals surface area contributed by atoms with Crippen molar-refractivity contribution in [1.29, 1.82) is 0 Å². The van der Waals surface area contributed by atoms with E-state index in [1.54, 1.807) is 18.6 Å². The van der Waals surface area contributed by atoms with E-state index in [0.29, 0.717) is 60.5 Å². The number of hydrogen-bond acceptors (Lipinski definition) is 9. The maximum absolute atomic E-state index is 14.7. The van der Waals surface area contributed by atoms with Crippen molar-refractivity contribution >= 4 is 23.5 Å². The molecule has 2 fully saturated rings. The molecule has 6 heterocycles. The van der Waals surface area contributed by atoms with Crippen LogP contribution in [0, 0.1) is 25.7 Å². The highest BCUT2D eigenvalue weighted by Gasteiger charge is 2.37. The Morgan fingerprint density at radius 1 is 0.623 bits per heavy atom. The summed E-state index contributed by atoms with van der Waals surface area (Å²) < 4.78 is 79.6. The zero-order valence-electron chi connectivity index (χ0n) is 38.5. The minimum absolute atomic E-state index is 0.00910. The van der Waals surface area contributed by atoms with Crippen molar-refractivity contribution in [3.8, 4) is 22.3 Å². The highest BCUT2D eigenvalue weighted by Crippen LogP contribution is 2.35. The van der Waals surface area contributed by atoms with Crippen LogP contribution in [0.2, 0.25) is 0 Å². The van der Waals surface area contributed by atoms with Gasteiger partial charge < -0.3 is 20.4 Å². The topological polar surface area (TPSA) is 129 Å². The van der Waals surface area contributed by atoms with Gasteiger partial charge in [0, 0.05) is 85.1 Å². The molecule has 360 valence electrons. The van der Waals surface area contributed by atoms with E-state index < -0.39 is 23.5 Å². The molecule has 69 heavy (non-hydrogen) atoms. The molecular weight excluding hydrogens is 897 g/mol. The summed E-state index contributed by atoms with van der Waals surface area (Å²) in [6.45, 7) is 7.49. The molecule has 0 aliphatic carbocycles. The normalized spacial score (nSPS) is 18.7. The first-order chi connectivity index (χ1) is 33.0. The lowest BCUT2D eigenvalue weighted by Gasteiger charge is -2.42. The van der Waals surface area contributed by atoms with Gasteiger partial charge in [0.25, 0.3) is 11.8 Å². The van der Waals surface area contributed by atoms with E-state index in [9.17, 15) is 35.9 Å². The number of anilines is 2. The molecule has 2 N–H and O–H groups in total. The van der Waals surface area contributed by atoms with Gasteiger partial charge in [0.1, 0.15) is 18.0 Å². The van der Waals surface area contributed by atoms with Crippen LogP contribution in [0.25, 0.3) is 22.3 Å². The van der Waals surface area contributed by atoms with Crippen LogP contribution in [-0.4, -0.2) is 84.8 Å². The van der Waals surface area contributed by atoms with E-state index in [1.165, 1.54) is 18.5 Å². The van der Waals surface area contributed by atoms with E-state index in [2.05, 4.69) is 37.5 Å². The number of likely N-dealkylation sites (tertiary alicyclic amines) is 2. The van der Waals surface area contributed by atoms with Crippen LogP contribution in [0.15, 0.2) is 110 Å². The molecule has 0 radical (unpaired) electrons. The van der Waals surface area contributed by atoms with Gasteiger partial charge in [-0.3, -0.25) is 14.6 Å². The van der Waals surface area contributed by atoms with Crippen molar-refractivity contribution in [3.63, 3.8) is 0 Å². The number of nitrogens with zero attached hydrogens (tertiary/aromatic N) is 7. The summed E-state index contributed by atoms with van der Waals surface area (Å²) >= 11 is 0. The maximum Gasteiger partial charge on any atom is 0.417 e. The number of amides is 2. The van der Waals surface area contributed by atoms with Crippen LogP contribution < -0.4 is 10.6 Å². The van der Waals surface area contributed by atoms with Gasteiger partial charge in [0.15, 0.2) is 0 Å². The Morgan fingerprint density at radius 2 is 1.16 bits per heavy atom. The lowest BCUT2D eigenvalue weighted by atomic mass is 9.84. The minimum Gasteiger partial charge on any atom is -0.368 e. The first-order valence-corrected chi connectivity index (χ1v) is 23.1. The number of halogens is 6. The van der Waals surface area contributed by atoms with Crippen LogP contribution >= 0.6 is 0 Å². The summed E-state index contributed by atoms with van der Waals surface area (Å²) in [5.41, 5.74) is 4.85. The minimum atomic E-state index is -4.53. The molecule has 17 heteroatoms. The summed E-state index contributed by atoms with van der Waals surface area (Å²) in [5, 5.41) is 6.39. The summed E-state index contributed by atoms with van der Waals surface area (Å²) in [7, 11) is 0. The maximum atomic E-state index is 14.7. The van der Waals surface area contributed by atoms with E-state index in [4.69, 9.17) is 4.98 Å². The average molecular weight is 950 g/mol. The quantitative estimate of drug-likeness (QED) is 0.109. The number of benzene rings is 2. The second-order valence-electron chi connectivity index (χ2n) is 18.1. The molecule has 8 rings (SSSR count). The number of nitrogens with one attached hydrogen (secondary N) is 2. The van der Waals surface area contributed by atoms with Gasteiger partial charge in [0.05, 0.1) is 23.2 Å². The Bertz CT molecular complexity index is 2720. The van der Waals surface area contributed by atoms with Crippen molar-refractivity contribution in [1.82, 2.24) is 34.7 Å². The summed E-state index contributed by atoms with van der Waals surface area (Å²) in [6, 6.07) is 19.3. The molecule has 4 atom stereocenters. The Labute approximate surface area is 396 Å². The number of carbonyl (C=O) groups excluding carboxylic acids is 2. The van der Waals surface area contributed by atoms with E-state index in [0.717, 1.165) is 78.2 Å². The van der Waals surface area contributed by atoms with E-state index in [1.807, 2.05) is 72.2 Å². The predicted molar refractivity (Wildman–Crippen MR) is 251 cm³/mol. The summed E-state index contributed by atoms with van der Waals surface area (Å²) in [5.74, 6) is 0.357. The Morgan fingerprint density at radius 3 is 1.68 bits per heavy atom. The molecule has 0 spiro atoms. The van der Waals surface area contributed by atoms with E-state index in [-0.39, 0.29) is 48.1 Å². The number of carbonyl (C=O) groups is 2. The number of piperidine rings is 2. The first-order valence-electron chi connectivity index (χ1n) is 23.1. The standard InChI is InChI=1S/C52H53F6N9O2/c1-32-8-16-41(43(22-32)49(68)66-20-4-6-34(3)45(66)29-64-47-18-12-38(27-62-47)51(53,54)55)36-11-15-40(61-26-36)14-10-35-7-5-21-67(46(35)30-65-48-19-13-39(28-63-48)52(56,57)58)50(69)44-23-33(2)9-17-42(44)37-24-59-31-60-25-37/h8-9,11-13,15-19,22-28,31,34-35,45-46H,4-7,10,14,20-21,29-30H2,1-3H3,(H,62,64)(H,63,65). The SMILES string of the molecule is Cc1ccc(-c2ccc(CCC3CCCN(C(=O)c4cc(C)ccc4-c4cncnc4)C3CNc3ccc(C(F)(F)F)cn3)nc2)c(C(=O)N2CCCC(C)C2CNc2ccc(C(F)(F)F)cn2)c1. The van der Waals surface area contributed by atoms with Crippen LogP contribution in [0.5, 0.6) is 0 Å². The Balaban J connectivity index is 0.999. The summed E-state index contributed by atoms with van der Waals surface area (Å²) in [4.78, 5) is 54.2. The molecular formula is C52H53F6N9O2. The van der Waals surface area contributed by atoms with Crippen molar-refractivity contribution in [3.05, 3.63) is 149 Å². The van der Waals surface area contributed by atoms with Crippen molar-refractivity contribution < 1.29 is 35.9 Å². The molecule has 2 aliphatic rings. The third-order valence-electron chi connectivity index (χ3n) is 13.3. The molecule has 0 bridgehead atoms. The number of rotatable bonds is 13. The average Bonchev–Trinajstić information content (AvgIpc) is 3.34. The molecule has 2 aromatic carbocycles. The number of hydrogen-bond donors (Lipinski definition) is 2. The second-order valence-corrected chi connectivity index (χ2v) is 18.1. The van der Waals surface area contributed by atoms with E-state index >= 15 is 0 Å². The van der Waals surface area contributed by atoms with Gasteiger partial charge in [-0.2, -0.15) is 26.3 Å². The number of pyridine rings is 3. The van der Waals surface area contributed by atoms with Crippen LogP contribution in [-0.2, 0) is 18.8 Å². The van der Waals surface area contributed by atoms with Crippen LogP contribution in [0.3, 0.4) is 0 Å². The lowest BCUT2D eigenvalue weighted by molar-refractivity contribution is -0.138. The smallest absolute Gasteiger partial charge is 0.368 e. The fraction of sp³-hybridized carbons (Fsp3) is 0.365. The highest BCUT2D eigenvalue weighted by molar-refractivity contribution is 6.02. The molecule has 11 nitrogen and oxygen atoms in total. The van der Waals surface area contributed by atoms with Gasteiger partial charge in [-0.1, -0.05) is 48.4 Å². The fourth-order valence-corrected chi connectivity index (χ4v) is 9.55. The second kappa shape index (κ2) is 20.8. The van der Waals surface area contributed by atoms with Crippen LogP contribution in [0.4, 0.5) is 38.0 Å². The predicted octanol–water partition coefficient (Wildman–Crippen LogP) is 11.0. The Hall–Kier alpha value is -6.91. The number of aryl methyl sites for hydroxylation is 3. The Kier molecular flexibility index (Phi) is 14.6. The van der Waals surface area contributed by atoms with Crippen LogP contribution in [0.1, 0.15) is 87.7 Å². The zero-order chi connectivity index (χ0) is 48.9. The van der Waals surface area contributed by atoms with Crippen molar-refractivity contribution in [2.24, 2.45) is 11.8 Å². The third kappa shape index (κ3) is 11.5. The van der Waals surface area contributed by atoms with Gasteiger partial charge in [-0.15, -0.1) is 0 Å². The molecule has 2 saturated heterocycles. The van der Waals surface area contributed by atoms with Crippen molar-refractivity contribution in [2.75, 3.05) is 36.8 Å². The fourth-order valence-electron chi connectivity index (χ4n) is 9.55. The molecule has 0 saturated carbocycles. The molecule has 6 aromatic rings. The molecule has 4 aromatic heterocycles. The van der Waals surface area contributed by atoms with Gasteiger partial charge in [0.2, 0.25) is 0 Å². The summed E-state index contributed by atoms with van der Waals surface area (Å²) in [6.07, 6.45) is 3.60. The molecule has 4 unspecified atom stereocenters. The lowest BCUT2D eigenvalue weighted by Crippen LogP contribution is -2.52. The van der Waals surface area contributed by atoms with Gasteiger partial charge >= 0.3 is 12.4 Å². The third-order valence-corrected chi connectivity index (χ3v) is 13.3. The van der Waals surface area contributed by atoms with Gasteiger partial charge in [-0.25, -0.2) is 19.9 Å². The zero-order valence-corrected chi connectivity index (χ0v) is 38.5. The monoisotopic (exact) mass is 949 g/mol. The number of aromatic nitrogens is 5. The van der Waals surface area contributed by atoms with Gasteiger partial charge in [-0.05, 0) is 118 Å². The van der Waals surface area contributed by atoms with Crippen molar-refractivity contribution in [2.45, 2.75) is 83.7 Å². The molecule has 2 aliphatic heterocycles. The highest BCUT2D eigenvalue weighted by atomic mass is 19.4. The first kappa shape index (κ1) is 48.5. The largest absolute Gasteiger partial charge is 0.417 e. The molecule has 2 amide bonds.